The first-order chi connectivity index (χ1) is 5.15. The van der Waals surface area contributed by atoms with Crippen molar-refractivity contribution < 1.29 is 8.78 Å². The molecule has 0 spiro atoms. The molecule has 0 aliphatic carbocycles. The number of allylic oxidation sites excluding steroid dienone is 2. The van der Waals surface area contributed by atoms with Crippen molar-refractivity contribution >= 4 is 0 Å². The van der Waals surface area contributed by atoms with Crippen LogP contribution in [0.15, 0.2) is 12.2 Å². The Labute approximate surface area is 73.7 Å². The second-order valence-corrected chi connectivity index (χ2v) is 4.53. The molecule has 0 heterocycles. The Bertz CT molecular complexity index is 161. The van der Waals surface area contributed by atoms with E-state index in [4.69, 9.17) is 0 Å². The van der Waals surface area contributed by atoms with Crippen LogP contribution in [-0.2, 0) is 0 Å². The number of alkyl halides is 2. The van der Waals surface area contributed by atoms with E-state index >= 15 is 0 Å². The molecule has 0 N–H and O–H groups in total. The molecule has 0 radical (unpaired) electrons. The molecule has 0 fully saturated rings. The highest BCUT2D eigenvalue weighted by molar-refractivity contribution is 5.01. The molecular weight excluding hydrogens is 158 g/mol. The molecular formula is C10H18F2. The lowest BCUT2D eigenvalue weighted by Crippen LogP contribution is -2.21. The van der Waals surface area contributed by atoms with Gasteiger partial charge in [-0.3, -0.25) is 0 Å². The number of halogens is 2. The van der Waals surface area contributed by atoms with Gasteiger partial charge in [-0.15, -0.1) is 0 Å². The summed E-state index contributed by atoms with van der Waals surface area (Å²) < 4.78 is 26.0. The molecule has 0 aromatic carbocycles. The van der Waals surface area contributed by atoms with Crippen LogP contribution in [0.3, 0.4) is 0 Å². The second kappa shape index (κ2) is 3.55. The van der Waals surface area contributed by atoms with Gasteiger partial charge in [0.25, 0.3) is 5.92 Å². The van der Waals surface area contributed by atoms with Crippen LogP contribution in [0.5, 0.6) is 0 Å². The SMILES string of the molecule is CC(C)C(F)(F)/C=C\C(C)(C)C. The van der Waals surface area contributed by atoms with Crippen molar-refractivity contribution in [3.63, 3.8) is 0 Å². The van der Waals surface area contributed by atoms with Crippen molar-refractivity contribution in [2.24, 2.45) is 11.3 Å². The first kappa shape index (κ1) is 11.6. The first-order valence-electron chi connectivity index (χ1n) is 4.23. The van der Waals surface area contributed by atoms with Crippen molar-refractivity contribution in [2.75, 3.05) is 0 Å². The zero-order valence-electron chi connectivity index (χ0n) is 8.49. The summed E-state index contributed by atoms with van der Waals surface area (Å²) in [5.74, 6) is -3.30. The third-order valence-corrected chi connectivity index (χ3v) is 1.58. The van der Waals surface area contributed by atoms with E-state index in [9.17, 15) is 8.78 Å². The van der Waals surface area contributed by atoms with Gasteiger partial charge in [0.15, 0.2) is 0 Å². The summed E-state index contributed by atoms with van der Waals surface area (Å²) in [4.78, 5) is 0. The van der Waals surface area contributed by atoms with Crippen molar-refractivity contribution in [1.29, 1.82) is 0 Å². The highest BCUT2D eigenvalue weighted by Crippen LogP contribution is 2.27. The molecule has 0 saturated carbocycles. The zero-order chi connectivity index (χ0) is 9.99. The Hall–Kier alpha value is -0.400. The van der Waals surface area contributed by atoms with Gasteiger partial charge in [-0.1, -0.05) is 40.7 Å². The van der Waals surface area contributed by atoms with Gasteiger partial charge in [-0.2, -0.15) is 0 Å². The lowest BCUT2D eigenvalue weighted by Gasteiger charge is -2.18. The Morgan fingerprint density at radius 2 is 1.42 bits per heavy atom. The fraction of sp³-hybridized carbons (Fsp3) is 0.800. The minimum Gasteiger partial charge on any atom is -0.202 e. The van der Waals surface area contributed by atoms with Crippen LogP contribution in [0, 0.1) is 11.3 Å². The average Bonchev–Trinajstić information content (AvgIpc) is 1.82. The summed E-state index contributed by atoms with van der Waals surface area (Å²) in [6.07, 6.45) is 2.57. The third-order valence-electron chi connectivity index (χ3n) is 1.58. The lowest BCUT2D eigenvalue weighted by molar-refractivity contribution is 0.00545. The van der Waals surface area contributed by atoms with Crippen LogP contribution in [0.4, 0.5) is 8.78 Å². The lowest BCUT2D eigenvalue weighted by atomic mass is 9.94. The maximum atomic E-state index is 13.0. The zero-order valence-corrected chi connectivity index (χ0v) is 8.49. The van der Waals surface area contributed by atoms with E-state index in [0.717, 1.165) is 6.08 Å². The summed E-state index contributed by atoms with van der Waals surface area (Å²) in [7, 11) is 0. The number of rotatable bonds is 2. The smallest absolute Gasteiger partial charge is 0.202 e. The fourth-order valence-corrected chi connectivity index (χ4v) is 0.554. The fourth-order valence-electron chi connectivity index (χ4n) is 0.554. The molecule has 12 heavy (non-hydrogen) atoms. The quantitative estimate of drug-likeness (QED) is 0.560. The Balaban J connectivity index is 4.34. The van der Waals surface area contributed by atoms with Crippen molar-refractivity contribution in [3.05, 3.63) is 12.2 Å². The van der Waals surface area contributed by atoms with E-state index in [1.165, 1.54) is 13.8 Å². The molecule has 0 atom stereocenters. The van der Waals surface area contributed by atoms with Gasteiger partial charge in [0.1, 0.15) is 0 Å². The maximum absolute atomic E-state index is 13.0. The second-order valence-electron chi connectivity index (χ2n) is 4.53. The van der Waals surface area contributed by atoms with Gasteiger partial charge in [0.2, 0.25) is 0 Å². The van der Waals surface area contributed by atoms with Crippen LogP contribution in [0.1, 0.15) is 34.6 Å². The predicted octanol–water partition coefficient (Wildman–Crippen LogP) is 3.88. The Morgan fingerprint density at radius 1 is 1.00 bits per heavy atom. The van der Waals surface area contributed by atoms with Gasteiger partial charge in [0.05, 0.1) is 0 Å². The summed E-state index contributed by atoms with van der Waals surface area (Å²) in [6, 6.07) is 0. The van der Waals surface area contributed by atoms with Gasteiger partial charge in [-0.05, 0) is 11.5 Å². The number of hydrogen-bond donors (Lipinski definition) is 0. The van der Waals surface area contributed by atoms with E-state index in [2.05, 4.69) is 0 Å². The normalized spacial score (nSPS) is 14.7. The van der Waals surface area contributed by atoms with Gasteiger partial charge in [-0.25, -0.2) is 8.78 Å². The molecule has 0 rings (SSSR count). The summed E-state index contributed by atoms with van der Waals surface area (Å²) in [5.41, 5.74) is -0.168. The molecule has 0 nitrogen and oxygen atoms in total. The van der Waals surface area contributed by atoms with E-state index in [0.29, 0.717) is 0 Å². The van der Waals surface area contributed by atoms with Crippen LogP contribution < -0.4 is 0 Å². The first-order valence-corrected chi connectivity index (χ1v) is 4.23. The Morgan fingerprint density at radius 3 is 1.67 bits per heavy atom. The minimum absolute atomic E-state index is 0.168. The van der Waals surface area contributed by atoms with Crippen molar-refractivity contribution in [3.8, 4) is 0 Å². The topological polar surface area (TPSA) is 0 Å². The standard InChI is InChI=1S/C10H18F2/c1-8(2)10(11,12)7-6-9(3,4)5/h6-8H,1-5H3/b7-6-. The van der Waals surface area contributed by atoms with Crippen LogP contribution >= 0.6 is 0 Å². The van der Waals surface area contributed by atoms with Gasteiger partial charge in [0, 0.05) is 5.92 Å². The molecule has 2 heteroatoms. The molecule has 0 bridgehead atoms. The van der Waals surface area contributed by atoms with Crippen LogP contribution in [-0.4, -0.2) is 5.92 Å². The summed E-state index contributed by atoms with van der Waals surface area (Å²) in [5, 5.41) is 0. The number of hydrogen-bond acceptors (Lipinski definition) is 0. The Kier molecular flexibility index (Phi) is 3.43. The summed E-state index contributed by atoms with van der Waals surface area (Å²) in [6.45, 7) is 8.75. The van der Waals surface area contributed by atoms with Crippen LogP contribution in [0.2, 0.25) is 0 Å². The van der Waals surface area contributed by atoms with E-state index in [1.54, 1.807) is 6.08 Å². The average molecular weight is 176 g/mol. The molecule has 72 valence electrons. The predicted molar refractivity (Wildman–Crippen MR) is 48.4 cm³/mol. The van der Waals surface area contributed by atoms with Crippen molar-refractivity contribution in [1.82, 2.24) is 0 Å². The largest absolute Gasteiger partial charge is 0.268 e. The van der Waals surface area contributed by atoms with Gasteiger partial charge < -0.3 is 0 Å². The molecule has 0 aromatic heterocycles. The highest BCUT2D eigenvalue weighted by Gasteiger charge is 2.29. The molecule has 0 amide bonds. The maximum Gasteiger partial charge on any atom is 0.268 e. The van der Waals surface area contributed by atoms with E-state index < -0.39 is 11.8 Å². The van der Waals surface area contributed by atoms with E-state index in [-0.39, 0.29) is 5.41 Å². The van der Waals surface area contributed by atoms with Crippen LogP contribution in [0.25, 0.3) is 0 Å². The molecule has 0 saturated heterocycles. The van der Waals surface area contributed by atoms with Gasteiger partial charge >= 0.3 is 0 Å². The minimum atomic E-state index is -2.67. The summed E-state index contributed by atoms with van der Waals surface area (Å²) >= 11 is 0. The van der Waals surface area contributed by atoms with E-state index in [1.807, 2.05) is 20.8 Å². The monoisotopic (exact) mass is 176 g/mol. The highest BCUT2D eigenvalue weighted by atomic mass is 19.3. The molecule has 0 aliphatic rings. The molecule has 0 unspecified atom stereocenters. The molecule has 0 aliphatic heterocycles. The van der Waals surface area contributed by atoms with Crippen molar-refractivity contribution in [2.45, 2.75) is 40.5 Å². The molecule has 0 aromatic rings. The third kappa shape index (κ3) is 4.47.